The molecule has 0 saturated carbocycles. The number of nitrogens with one attached hydrogen (secondary N) is 1. The van der Waals surface area contributed by atoms with Gasteiger partial charge in [0.25, 0.3) is 0 Å². The van der Waals surface area contributed by atoms with E-state index in [0.29, 0.717) is 12.4 Å². The fraction of sp³-hybridized carbons (Fsp3) is 0.455. The monoisotopic (exact) mass is 264 g/mol. The standard InChI is InChI=1S/C11H12N4O2S/c12-5-8-4-10-11(13-6-8)15-3-1-2-9(15)7-14-18(10,16)17/h4,6,9,14H,1-3,7H2/t9-/m1/s1. The first-order valence-corrected chi connectivity index (χ1v) is 7.26. The van der Waals surface area contributed by atoms with Gasteiger partial charge in [-0.3, -0.25) is 0 Å². The minimum atomic E-state index is -3.56. The average molecular weight is 264 g/mol. The molecular formula is C11H12N4O2S. The second kappa shape index (κ2) is 3.93. The lowest BCUT2D eigenvalue weighted by Crippen LogP contribution is -2.36. The van der Waals surface area contributed by atoms with Crippen molar-refractivity contribution in [2.75, 3.05) is 18.0 Å². The van der Waals surface area contributed by atoms with Crippen LogP contribution < -0.4 is 9.62 Å². The van der Waals surface area contributed by atoms with E-state index >= 15 is 0 Å². The van der Waals surface area contributed by atoms with E-state index in [4.69, 9.17) is 5.26 Å². The number of aromatic nitrogens is 1. The summed E-state index contributed by atoms with van der Waals surface area (Å²) in [4.78, 5) is 6.31. The molecule has 0 unspecified atom stereocenters. The molecule has 3 heterocycles. The summed E-state index contributed by atoms with van der Waals surface area (Å²) in [5, 5.41) is 8.85. The number of hydrogen-bond donors (Lipinski definition) is 1. The average Bonchev–Trinajstić information content (AvgIpc) is 2.80. The molecule has 3 rings (SSSR count). The van der Waals surface area contributed by atoms with Crippen molar-refractivity contribution in [3.8, 4) is 6.07 Å². The van der Waals surface area contributed by atoms with E-state index < -0.39 is 10.0 Å². The molecule has 2 aliphatic rings. The molecule has 6 nitrogen and oxygen atoms in total. The molecular weight excluding hydrogens is 252 g/mol. The van der Waals surface area contributed by atoms with Crippen molar-refractivity contribution in [3.05, 3.63) is 17.8 Å². The van der Waals surface area contributed by atoms with Gasteiger partial charge in [-0.2, -0.15) is 5.26 Å². The highest BCUT2D eigenvalue weighted by Crippen LogP contribution is 2.32. The highest BCUT2D eigenvalue weighted by Gasteiger charge is 2.35. The Morgan fingerprint density at radius 2 is 2.39 bits per heavy atom. The fourth-order valence-corrected chi connectivity index (χ4v) is 3.78. The maximum absolute atomic E-state index is 12.1. The van der Waals surface area contributed by atoms with E-state index in [9.17, 15) is 8.42 Å². The van der Waals surface area contributed by atoms with Gasteiger partial charge >= 0.3 is 0 Å². The molecule has 0 aromatic carbocycles. The maximum Gasteiger partial charge on any atom is 0.244 e. The Labute approximate surface area is 105 Å². The molecule has 0 bridgehead atoms. The predicted molar refractivity (Wildman–Crippen MR) is 64.5 cm³/mol. The summed E-state index contributed by atoms with van der Waals surface area (Å²) in [7, 11) is -3.56. The lowest BCUT2D eigenvalue weighted by atomic mass is 10.2. The smallest absolute Gasteiger partial charge is 0.244 e. The van der Waals surface area contributed by atoms with Gasteiger partial charge in [-0.1, -0.05) is 0 Å². The molecule has 0 radical (unpaired) electrons. The van der Waals surface area contributed by atoms with E-state index in [-0.39, 0.29) is 16.5 Å². The van der Waals surface area contributed by atoms with Crippen LogP contribution in [0, 0.1) is 11.3 Å². The van der Waals surface area contributed by atoms with Gasteiger partial charge in [-0.25, -0.2) is 18.1 Å². The van der Waals surface area contributed by atoms with Crippen LogP contribution in [-0.4, -0.2) is 32.5 Å². The van der Waals surface area contributed by atoms with Gasteiger partial charge in [0.1, 0.15) is 16.8 Å². The summed E-state index contributed by atoms with van der Waals surface area (Å²) in [6.07, 6.45) is 3.42. The molecule has 1 aromatic rings. The lowest BCUT2D eigenvalue weighted by molar-refractivity contribution is 0.575. The summed E-state index contributed by atoms with van der Waals surface area (Å²) in [5.41, 5.74) is 0.261. The van der Waals surface area contributed by atoms with Crippen LogP contribution in [0.5, 0.6) is 0 Å². The maximum atomic E-state index is 12.1. The number of rotatable bonds is 0. The topological polar surface area (TPSA) is 86.1 Å². The van der Waals surface area contributed by atoms with Crippen molar-refractivity contribution in [1.29, 1.82) is 5.26 Å². The van der Waals surface area contributed by atoms with Crippen LogP contribution >= 0.6 is 0 Å². The number of nitrogens with zero attached hydrogens (tertiary/aromatic N) is 3. The molecule has 7 heteroatoms. The summed E-state index contributed by atoms with van der Waals surface area (Å²) >= 11 is 0. The van der Waals surface area contributed by atoms with E-state index in [0.717, 1.165) is 19.4 Å². The number of hydrogen-bond acceptors (Lipinski definition) is 5. The molecule has 18 heavy (non-hydrogen) atoms. The number of nitriles is 1. The van der Waals surface area contributed by atoms with Gasteiger partial charge in [0, 0.05) is 25.3 Å². The Morgan fingerprint density at radius 1 is 1.56 bits per heavy atom. The zero-order valence-corrected chi connectivity index (χ0v) is 10.4. The first kappa shape index (κ1) is 11.4. The number of sulfonamides is 1. The first-order chi connectivity index (χ1) is 8.62. The summed E-state index contributed by atoms with van der Waals surface area (Å²) < 4.78 is 26.8. The Bertz CT molecular complexity index is 635. The van der Waals surface area contributed by atoms with E-state index in [1.54, 1.807) is 0 Å². The van der Waals surface area contributed by atoms with Crippen molar-refractivity contribution in [2.24, 2.45) is 0 Å². The van der Waals surface area contributed by atoms with Gasteiger partial charge in [0.15, 0.2) is 0 Å². The molecule has 0 amide bonds. The van der Waals surface area contributed by atoms with Crippen LogP contribution in [0.4, 0.5) is 5.82 Å². The number of anilines is 1. The molecule has 1 saturated heterocycles. The highest BCUT2D eigenvalue weighted by atomic mass is 32.2. The van der Waals surface area contributed by atoms with Gasteiger partial charge in [0.2, 0.25) is 10.0 Å². The highest BCUT2D eigenvalue weighted by molar-refractivity contribution is 7.89. The largest absolute Gasteiger partial charge is 0.351 e. The van der Waals surface area contributed by atoms with Crippen molar-refractivity contribution in [1.82, 2.24) is 9.71 Å². The molecule has 0 aliphatic carbocycles. The first-order valence-electron chi connectivity index (χ1n) is 5.78. The Balaban J connectivity index is 2.22. The lowest BCUT2D eigenvalue weighted by Gasteiger charge is -2.23. The molecule has 1 fully saturated rings. The normalized spacial score (nSPS) is 24.8. The minimum absolute atomic E-state index is 0.117. The Hall–Kier alpha value is -1.65. The zero-order chi connectivity index (χ0) is 12.8. The van der Waals surface area contributed by atoms with Gasteiger partial charge in [-0.15, -0.1) is 0 Å². The number of fused-ring (bicyclic) bond motifs is 3. The molecule has 1 atom stereocenters. The second-order valence-corrected chi connectivity index (χ2v) is 6.23. The fourth-order valence-electron chi connectivity index (χ4n) is 2.52. The Morgan fingerprint density at radius 3 is 3.17 bits per heavy atom. The van der Waals surface area contributed by atoms with Crippen LogP contribution in [0.3, 0.4) is 0 Å². The second-order valence-electron chi connectivity index (χ2n) is 4.50. The summed E-state index contributed by atoms with van der Waals surface area (Å²) in [6, 6.07) is 3.48. The predicted octanol–water partition coefficient (Wildman–Crippen LogP) is 0.214. The number of pyridine rings is 1. The third-order valence-corrected chi connectivity index (χ3v) is 4.84. The van der Waals surface area contributed by atoms with Gasteiger partial charge in [-0.05, 0) is 18.9 Å². The molecule has 1 N–H and O–H groups in total. The van der Waals surface area contributed by atoms with Crippen LogP contribution in [-0.2, 0) is 10.0 Å². The van der Waals surface area contributed by atoms with E-state index in [1.165, 1.54) is 12.3 Å². The molecule has 94 valence electrons. The molecule has 1 aromatic heterocycles. The van der Waals surface area contributed by atoms with Crippen molar-refractivity contribution in [2.45, 2.75) is 23.8 Å². The third kappa shape index (κ3) is 1.65. The molecule has 2 aliphatic heterocycles. The van der Waals surface area contributed by atoms with Crippen LogP contribution in [0.1, 0.15) is 18.4 Å². The van der Waals surface area contributed by atoms with E-state index in [1.807, 2.05) is 11.0 Å². The van der Waals surface area contributed by atoms with Crippen molar-refractivity contribution < 1.29 is 8.42 Å². The minimum Gasteiger partial charge on any atom is -0.351 e. The van der Waals surface area contributed by atoms with E-state index in [2.05, 4.69) is 9.71 Å². The third-order valence-electron chi connectivity index (χ3n) is 3.41. The SMILES string of the molecule is N#Cc1cnc2c(c1)S(=O)(=O)NC[C@H]1CCCN21. The zero-order valence-electron chi connectivity index (χ0n) is 9.63. The van der Waals surface area contributed by atoms with Gasteiger partial charge < -0.3 is 4.90 Å². The molecule has 0 spiro atoms. The summed E-state index contributed by atoms with van der Waals surface area (Å²) in [5.74, 6) is 0.474. The van der Waals surface area contributed by atoms with Crippen molar-refractivity contribution in [3.63, 3.8) is 0 Å². The van der Waals surface area contributed by atoms with Crippen molar-refractivity contribution >= 4 is 15.8 Å². The van der Waals surface area contributed by atoms with Crippen LogP contribution in [0.2, 0.25) is 0 Å². The Kier molecular flexibility index (Phi) is 2.50. The quantitative estimate of drug-likeness (QED) is 0.724. The summed E-state index contributed by atoms with van der Waals surface area (Å²) in [6.45, 7) is 1.22. The van der Waals surface area contributed by atoms with Crippen LogP contribution in [0.15, 0.2) is 17.2 Å². The van der Waals surface area contributed by atoms with Gasteiger partial charge in [0.05, 0.1) is 5.56 Å². The van der Waals surface area contributed by atoms with Crippen LogP contribution in [0.25, 0.3) is 0 Å².